The first-order valence-corrected chi connectivity index (χ1v) is 6.96. The Morgan fingerprint density at radius 2 is 2.05 bits per heavy atom. The van der Waals surface area contributed by atoms with Crippen LogP contribution in [0.25, 0.3) is 11.0 Å². The smallest absolute Gasteiger partial charge is 0.170 e. The molecule has 1 unspecified atom stereocenters. The fourth-order valence-corrected chi connectivity index (χ4v) is 2.93. The van der Waals surface area contributed by atoms with Gasteiger partial charge in [-0.25, -0.2) is 4.39 Å². The van der Waals surface area contributed by atoms with E-state index in [1.807, 2.05) is 18.2 Å². The molecular formula is C17H14FNO2. The number of hydrogen-bond acceptors (Lipinski definition) is 3. The second kappa shape index (κ2) is 4.60. The maximum Gasteiger partial charge on any atom is 0.170 e. The van der Waals surface area contributed by atoms with Gasteiger partial charge in [-0.2, -0.15) is 0 Å². The first-order chi connectivity index (χ1) is 10.2. The molecule has 0 saturated carbocycles. The van der Waals surface area contributed by atoms with Crippen LogP contribution < -0.4 is 5.32 Å². The zero-order valence-electron chi connectivity index (χ0n) is 11.3. The summed E-state index contributed by atoms with van der Waals surface area (Å²) in [5.41, 5.74) is 3.11. The largest absolute Gasteiger partial charge is 0.455 e. The van der Waals surface area contributed by atoms with Crippen LogP contribution in [0.3, 0.4) is 0 Å². The number of anilines is 1. The van der Waals surface area contributed by atoms with Crippen LogP contribution in [0.1, 0.15) is 23.0 Å². The quantitative estimate of drug-likeness (QED) is 0.755. The molecule has 0 fully saturated rings. The van der Waals surface area contributed by atoms with Gasteiger partial charge in [-0.1, -0.05) is 30.3 Å². The Bertz CT molecular complexity index is 825. The highest BCUT2D eigenvalue weighted by atomic mass is 19.1. The van der Waals surface area contributed by atoms with E-state index in [0.717, 1.165) is 24.2 Å². The van der Waals surface area contributed by atoms with Crippen molar-refractivity contribution in [3.8, 4) is 0 Å². The van der Waals surface area contributed by atoms with Crippen LogP contribution in [0.5, 0.6) is 0 Å². The van der Waals surface area contributed by atoms with Crippen LogP contribution in [0.15, 0.2) is 46.9 Å². The number of aliphatic hydroxyl groups is 1. The minimum absolute atomic E-state index is 0.187. The van der Waals surface area contributed by atoms with E-state index >= 15 is 0 Å². The van der Waals surface area contributed by atoms with Crippen molar-refractivity contribution >= 4 is 16.7 Å². The first kappa shape index (κ1) is 12.4. The molecule has 0 saturated heterocycles. The van der Waals surface area contributed by atoms with E-state index in [2.05, 4.69) is 5.32 Å². The van der Waals surface area contributed by atoms with Gasteiger partial charge in [0.2, 0.25) is 0 Å². The first-order valence-electron chi connectivity index (χ1n) is 6.96. The van der Waals surface area contributed by atoms with Gasteiger partial charge in [0.05, 0.1) is 0 Å². The molecule has 0 radical (unpaired) electrons. The third kappa shape index (κ3) is 1.91. The second-order valence-electron chi connectivity index (χ2n) is 5.27. The van der Waals surface area contributed by atoms with E-state index in [9.17, 15) is 9.50 Å². The van der Waals surface area contributed by atoms with Crippen molar-refractivity contribution in [2.45, 2.75) is 12.5 Å². The van der Waals surface area contributed by atoms with Gasteiger partial charge in [0.15, 0.2) is 11.4 Å². The van der Waals surface area contributed by atoms with Crippen molar-refractivity contribution in [3.63, 3.8) is 0 Å². The number of aliphatic hydroxyl groups excluding tert-OH is 1. The maximum absolute atomic E-state index is 13.7. The Morgan fingerprint density at radius 3 is 2.90 bits per heavy atom. The summed E-state index contributed by atoms with van der Waals surface area (Å²) >= 11 is 0. The highest BCUT2D eigenvalue weighted by Gasteiger charge is 2.23. The van der Waals surface area contributed by atoms with Gasteiger partial charge in [0.25, 0.3) is 0 Å². The molecule has 1 aliphatic heterocycles. The van der Waals surface area contributed by atoms with Crippen molar-refractivity contribution in [2.75, 3.05) is 11.9 Å². The van der Waals surface area contributed by atoms with Crippen LogP contribution >= 0.6 is 0 Å². The Kier molecular flexibility index (Phi) is 2.72. The molecule has 3 nitrogen and oxygen atoms in total. The molecule has 0 amide bonds. The van der Waals surface area contributed by atoms with Gasteiger partial charge in [0, 0.05) is 23.2 Å². The third-order valence-corrected chi connectivity index (χ3v) is 3.96. The lowest BCUT2D eigenvalue weighted by atomic mass is 10.0. The number of hydrogen-bond donors (Lipinski definition) is 2. The molecule has 1 atom stereocenters. The number of halogens is 1. The molecule has 4 rings (SSSR count). The lowest BCUT2D eigenvalue weighted by Crippen LogP contribution is -2.02. The number of nitrogens with one attached hydrogen (secondary N) is 1. The molecule has 1 aliphatic rings. The monoisotopic (exact) mass is 283 g/mol. The Labute approximate surface area is 121 Å². The van der Waals surface area contributed by atoms with Crippen LogP contribution in [0.2, 0.25) is 0 Å². The zero-order valence-corrected chi connectivity index (χ0v) is 11.3. The standard InChI is InChI=1S/C17H14FNO2/c18-13-6-2-4-11-9-14(21-17(11)13)16(20)12-5-1-3-10-7-8-19-15(10)12/h1-6,9,16,19-20H,7-8H2. The van der Waals surface area contributed by atoms with Crippen LogP contribution in [-0.4, -0.2) is 11.7 Å². The summed E-state index contributed by atoms with van der Waals surface area (Å²) in [5.74, 6) is -0.0560. The summed E-state index contributed by atoms with van der Waals surface area (Å²) in [6.45, 7) is 0.869. The minimum atomic E-state index is -0.905. The van der Waals surface area contributed by atoms with Crippen molar-refractivity contribution in [1.82, 2.24) is 0 Å². The molecular weight excluding hydrogens is 269 g/mol. The average molecular weight is 283 g/mol. The maximum atomic E-state index is 13.7. The van der Waals surface area contributed by atoms with Crippen LogP contribution in [0, 0.1) is 5.82 Å². The summed E-state index contributed by atoms with van der Waals surface area (Å²) in [7, 11) is 0. The molecule has 2 N–H and O–H groups in total. The summed E-state index contributed by atoms with van der Waals surface area (Å²) in [6.07, 6.45) is 0.0438. The van der Waals surface area contributed by atoms with Gasteiger partial charge in [-0.05, 0) is 24.1 Å². The number of furan rings is 1. The highest BCUT2D eigenvalue weighted by Crippen LogP contribution is 2.36. The number of rotatable bonds is 2. The number of fused-ring (bicyclic) bond motifs is 2. The predicted molar refractivity (Wildman–Crippen MR) is 78.9 cm³/mol. The predicted octanol–water partition coefficient (Wildman–Crippen LogP) is 3.62. The van der Waals surface area contributed by atoms with E-state index < -0.39 is 11.9 Å². The molecule has 4 heteroatoms. The average Bonchev–Trinajstić information content (AvgIpc) is 3.13. The molecule has 0 spiro atoms. The van der Waals surface area contributed by atoms with Crippen LogP contribution in [0.4, 0.5) is 10.1 Å². The molecule has 3 aromatic rings. The topological polar surface area (TPSA) is 45.4 Å². The molecule has 2 aromatic carbocycles. The summed E-state index contributed by atoms with van der Waals surface area (Å²) in [6, 6.07) is 12.3. The minimum Gasteiger partial charge on any atom is -0.455 e. The van der Waals surface area contributed by atoms with Gasteiger partial charge in [-0.3, -0.25) is 0 Å². The molecule has 21 heavy (non-hydrogen) atoms. The molecule has 1 aromatic heterocycles. The van der Waals surface area contributed by atoms with E-state index in [-0.39, 0.29) is 5.58 Å². The third-order valence-electron chi connectivity index (χ3n) is 3.96. The Hall–Kier alpha value is -2.33. The van der Waals surface area contributed by atoms with E-state index in [4.69, 9.17) is 4.42 Å². The van der Waals surface area contributed by atoms with E-state index in [1.165, 1.54) is 11.6 Å². The lowest BCUT2D eigenvalue weighted by Gasteiger charge is -2.13. The Morgan fingerprint density at radius 1 is 1.19 bits per heavy atom. The van der Waals surface area contributed by atoms with Gasteiger partial charge in [-0.15, -0.1) is 0 Å². The van der Waals surface area contributed by atoms with E-state index in [0.29, 0.717) is 11.1 Å². The fourth-order valence-electron chi connectivity index (χ4n) is 2.93. The summed E-state index contributed by atoms with van der Waals surface area (Å²) in [5, 5.41) is 14.5. The zero-order chi connectivity index (χ0) is 14.4. The fraction of sp³-hybridized carbons (Fsp3) is 0.176. The Balaban J connectivity index is 1.82. The second-order valence-corrected chi connectivity index (χ2v) is 5.27. The molecule has 2 heterocycles. The van der Waals surface area contributed by atoms with Crippen molar-refractivity contribution in [2.24, 2.45) is 0 Å². The van der Waals surface area contributed by atoms with Gasteiger partial charge < -0.3 is 14.8 Å². The number of para-hydroxylation sites is 2. The lowest BCUT2D eigenvalue weighted by molar-refractivity contribution is 0.192. The highest BCUT2D eigenvalue weighted by molar-refractivity contribution is 5.78. The van der Waals surface area contributed by atoms with Gasteiger partial charge >= 0.3 is 0 Å². The summed E-state index contributed by atoms with van der Waals surface area (Å²) in [4.78, 5) is 0. The van der Waals surface area contributed by atoms with Crippen molar-refractivity contribution in [3.05, 3.63) is 65.2 Å². The van der Waals surface area contributed by atoms with E-state index in [1.54, 1.807) is 18.2 Å². The number of benzene rings is 2. The van der Waals surface area contributed by atoms with Gasteiger partial charge in [0.1, 0.15) is 11.9 Å². The molecule has 106 valence electrons. The molecule has 0 aliphatic carbocycles. The SMILES string of the molecule is OC(c1cc2cccc(F)c2o1)c1cccc2c1NCC2. The van der Waals surface area contributed by atoms with Crippen LogP contribution in [-0.2, 0) is 6.42 Å². The summed E-state index contributed by atoms with van der Waals surface area (Å²) < 4.78 is 19.2. The van der Waals surface area contributed by atoms with Crippen molar-refractivity contribution < 1.29 is 13.9 Å². The molecule has 0 bridgehead atoms. The normalized spacial score (nSPS) is 15.0. The van der Waals surface area contributed by atoms with Crippen molar-refractivity contribution in [1.29, 1.82) is 0 Å².